The minimum Gasteiger partial charge on any atom is -0.368 e. The van der Waals surface area contributed by atoms with E-state index in [1.165, 1.54) is 5.69 Å². The molecule has 0 aliphatic carbocycles. The molecule has 1 fully saturated rings. The van der Waals surface area contributed by atoms with Crippen molar-refractivity contribution in [1.29, 1.82) is 0 Å². The van der Waals surface area contributed by atoms with E-state index in [9.17, 15) is 0 Å². The quantitative estimate of drug-likeness (QED) is 0.754. The Bertz CT molecular complexity index is 793. The van der Waals surface area contributed by atoms with Crippen LogP contribution in [0.3, 0.4) is 0 Å². The van der Waals surface area contributed by atoms with Crippen LogP contribution in [0.2, 0.25) is 0 Å². The summed E-state index contributed by atoms with van der Waals surface area (Å²) in [5.41, 5.74) is 9.60. The molecule has 3 N–H and O–H groups in total. The lowest BCUT2D eigenvalue weighted by atomic mass is 10.1. The van der Waals surface area contributed by atoms with Gasteiger partial charge in [0.2, 0.25) is 5.95 Å². The van der Waals surface area contributed by atoms with E-state index in [2.05, 4.69) is 30.9 Å². The number of aromatic amines is 1. The van der Waals surface area contributed by atoms with Gasteiger partial charge in [-0.3, -0.25) is 0 Å². The van der Waals surface area contributed by atoms with Gasteiger partial charge in [0.05, 0.1) is 22.6 Å². The molecule has 4 heterocycles. The third-order valence-corrected chi connectivity index (χ3v) is 4.56. The largest absolute Gasteiger partial charge is 0.368 e. The normalized spacial score (nSPS) is 15.0. The summed E-state index contributed by atoms with van der Waals surface area (Å²) in [7, 11) is 0. The first-order valence-corrected chi connectivity index (χ1v) is 7.86. The van der Waals surface area contributed by atoms with Crippen LogP contribution in [0.4, 0.5) is 11.6 Å². The van der Waals surface area contributed by atoms with Crippen LogP contribution in [0, 0.1) is 0 Å². The highest BCUT2D eigenvalue weighted by molar-refractivity contribution is 7.99. The Labute approximate surface area is 125 Å². The van der Waals surface area contributed by atoms with Crippen molar-refractivity contribution in [3.05, 3.63) is 30.7 Å². The number of nitrogens with zero attached hydrogens (tertiary/aromatic N) is 4. The lowest BCUT2D eigenvalue weighted by Crippen LogP contribution is -2.18. The van der Waals surface area contributed by atoms with E-state index in [0.29, 0.717) is 0 Å². The van der Waals surface area contributed by atoms with Crippen molar-refractivity contribution in [2.45, 2.75) is 0 Å². The summed E-state index contributed by atoms with van der Waals surface area (Å²) in [6.45, 7) is 1.06. The molecule has 106 valence electrons. The number of hydrogen-bond donors (Lipinski definition) is 2. The number of hydrogen-bond acceptors (Lipinski definition) is 6. The van der Waals surface area contributed by atoms with Crippen molar-refractivity contribution < 1.29 is 0 Å². The first kappa shape index (κ1) is 12.5. The fourth-order valence-corrected chi connectivity index (χ4v) is 3.60. The van der Waals surface area contributed by atoms with E-state index in [1.807, 2.05) is 30.2 Å². The Morgan fingerprint density at radius 3 is 2.95 bits per heavy atom. The van der Waals surface area contributed by atoms with Gasteiger partial charge in [-0.2, -0.15) is 0 Å². The summed E-state index contributed by atoms with van der Waals surface area (Å²) < 4.78 is 0. The van der Waals surface area contributed by atoms with Crippen molar-refractivity contribution in [2.24, 2.45) is 0 Å². The Morgan fingerprint density at radius 1 is 1.24 bits per heavy atom. The minimum atomic E-state index is 0.281. The van der Waals surface area contributed by atoms with Crippen LogP contribution in [0.25, 0.3) is 22.3 Å². The zero-order chi connectivity index (χ0) is 14.2. The molecule has 0 spiro atoms. The highest BCUT2D eigenvalue weighted by Crippen LogP contribution is 2.35. The van der Waals surface area contributed by atoms with Gasteiger partial charge in [0.25, 0.3) is 0 Å². The first-order chi connectivity index (χ1) is 10.3. The zero-order valence-corrected chi connectivity index (χ0v) is 12.1. The van der Waals surface area contributed by atoms with Crippen LogP contribution in [-0.2, 0) is 0 Å². The van der Waals surface area contributed by atoms with Gasteiger partial charge in [-0.15, -0.1) is 11.8 Å². The molecule has 6 nitrogen and oxygen atoms in total. The summed E-state index contributed by atoms with van der Waals surface area (Å²) in [4.78, 5) is 18.3. The van der Waals surface area contributed by atoms with Gasteiger partial charge in [0.1, 0.15) is 5.65 Å². The minimum absolute atomic E-state index is 0.281. The maximum absolute atomic E-state index is 5.71. The van der Waals surface area contributed by atoms with Crippen molar-refractivity contribution in [3.8, 4) is 11.3 Å². The molecule has 0 unspecified atom stereocenters. The van der Waals surface area contributed by atoms with Crippen LogP contribution < -0.4 is 10.6 Å². The molecule has 0 bridgehead atoms. The lowest BCUT2D eigenvalue weighted by Gasteiger charge is -2.18. The van der Waals surface area contributed by atoms with Gasteiger partial charge >= 0.3 is 0 Å². The van der Waals surface area contributed by atoms with Crippen LogP contribution in [-0.4, -0.2) is 38.1 Å². The van der Waals surface area contributed by atoms with Gasteiger partial charge in [-0.05, 0) is 12.1 Å². The Hall–Kier alpha value is -2.28. The Morgan fingerprint density at radius 2 is 2.14 bits per heavy atom. The number of nitrogen functional groups attached to an aromatic ring is 1. The molecule has 0 saturated carbocycles. The standard InChI is InChI=1S/C14H14N6S/c15-14-17-3-1-10(19-14)9-7-18-13-12(9)11(2-4-16-13)20-5-6-21-8-20/h1-4,7H,5-6,8H2,(H,16,18)(H2,15,17,19). The number of pyridine rings is 1. The van der Waals surface area contributed by atoms with Crippen molar-refractivity contribution in [3.63, 3.8) is 0 Å². The molecule has 0 aromatic carbocycles. The molecule has 4 rings (SSSR count). The third kappa shape index (κ3) is 2.09. The number of thioether (sulfide) groups is 1. The second-order valence-corrected chi connectivity index (χ2v) is 5.93. The van der Waals surface area contributed by atoms with Crippen molar-refractivity contribution in [2.75, 3.05) is 28.8 Å². The van der Waals surface area contributed by atoms with Crippen molar-refractivity contribution in [1.82, 2.24) is 19.9 Å². The highest BCUT2D eigenvalue weighted by Gasteiger charge is 2.19. The summed E-state index contributed by atoms with van der Waals surface area (Å²) in [6.07, 6.45) is 5.46. The van der Waals surface area contributed by atoms with Crippen LogP contribution >= 0.6 is 11.8 Å². The summed E-state index contributed by atoms with van der Waals surface area (Å²) in [5, 5.41) is 1.10. The first-order valence-electron chi connectivity index (χ1n) is 6.70. The van der Waals surface area contributed by atoms with E-state index in [-0.39, 0.29) is 5.95 Å². The molecule has 1 aliphatic rings. The lowest BCUT2D eigenvalue weighted by molar-refractivity contribution is 0.999. The van der Waals surface area contributed by atoms with Crippen LogP contribution in [0.5, 0.6) is 0 Å². The van der Waals surface area contributed by atoms with E-state index in [1.54, 1.807) is 6.20 Å². The second-order valence-electron chi connectivity index (χ2n) is 4.86. The summed E-state index contributed by atoms with van der Waals surface area (Å²) in [6, 6.07) is 3.94. The maximum atomic E-state index is 5.71. The molecule has 0 amide bonds. The Kier molecular flexibility index (Phi) is 2.92. The number of aromatic nitrogens is 4. The molecule has 0 radical (unpaired) electrons. The number of H-pyrrole nitrogens is 1. The van der Waals surface area contributed by atoms with Gasteiger partial charge < -0.3 is 15.6 Å². The van der Waals surface area contributed by atoms with E-state index < -0.39 is 0 Å². The van der Waals surface area contributed by atoms with E-state index >= 15 is 0 Å². The van der Waals surface area contributed by atoms with Gasteiger partial charge in [-0.25, -0.2) is 15.0 Å². The van der Waals surface area contributed by atoms with Gasteiger partial charge in [0.15, 0.2) is 0 Å². The van der Waals surface area contributed by atoms with Crippen LogP contribution in [0.15, 0.2) is 30.7 Å². The molecule has 3 aromatic rings. The van der Waals surface area contributed by atoms with Crippen LogP contribution in [0.1, 0.15) is 0 Å². The van der Waals surface area contributed by atoms with Crippen molar-refractivity contribution >= 4 is 34.4 Å². The predicted molar refractivity (Wildman–Crippen MR) is 86.2 cm³/mol. The van der Waals surface area contributed by atoms with Gasteiger partial charge in [0, 0.05) is 36.5 Å². The average molecular weight is 298 g/mol. The molecule has 7 heteroatoms. The molecular weight excluding hydrogens is 284 g/mol. The Balaban J connectivity index is 1.93. The predicted octanol–water partition coefficient (Wildman–Crippen LogP) is 2.11. The molecule has 1 saturated heterocycles. The summed E-state index contributed by atoms with van der Waals surface area (Å²) in [5.74, 6) is 2.45. The fraction of sp³-hybridized carbons (Fsp3) is 0.214. The number of anilines is 2. The maximum Gasteiger partial charge on any atom is 0.220 e. The molecule has 0 atom stereocenters. The average Bonchev–Trinajstić information content (AvgIpc) is 3.16. The summed E-state index contributed by atoms with van der Waals surface area (Å²) >= 11 is 1.94. The zero-order valence-electron chi connectivity index (χ0n) is 11.3. The topological polar surface area (TPSA) is 83.7 Å². The number of nitrogens with two attached hydrogens (primary N) is 1. The molecule has 1 aliphatic heterocycles. The number of nitrogens with one attached hydrogen (secondary N) is 1. The third-order valence-electron chi connectivity index (χ3n) is 3.60. The monoisotopic (exact) mass is 298 g/mol. The molecule has 3 aromatic heterocycles. The number of fused-ring (bicyclic) bond motifs is 1. The highest BCUT2D eigenvalue weighted by atomic mass is 32.2. The fourth-order valence-electron chi connectivity index (χ4n) is 2.63. The van der Waals surface area contributed by atoms with E-state index in [0.717, 1.165) is 40.5 Å². The second kappa shape index (κ2) is 4.92. The SMILES string of the molecule is Nc1nccc(-c2c[nH]c3nccc(N4CCSC4)c23)n1. The molecular formula is C14H14N6S. The number of rotatable bonds is 2. The smallest absolute Gasteiger partial charge is 0.220 e. The van der Waals surface area contributed by atoms with Gasteiger partial charge in [-0.1, -0.05) is 0 Å². The molecule has 21 heavy (non-hydrogen) atoms. The van der Waals surface area contributed by atoms with E-state index in [4.69, 9.17) is 5.73 Å².